The Balaban J connectivity index is 1.79. The van der Waals surface area contributed by atoms with E-state index in [0.29, 0.717) is 6.61 Å². The standard InChI is InChI=1S/C19H35N3O2/c1-3-20-19(21-13-10-16-8-6-5-7-9-16)22-14-11-17(12-15-22)18(23)24-4-2/h16-17H,3-15H2,1-2H3,(H,20,21). The summed E-state index contributed by atoms with van der Waals surface area (Å²) in [6, 6.07) is 0. The molecule has 0 radical (unpaired) electrons. The van der Waals surface area contributed by atoms with Crippen molar-refractivity contribution in [2.75, 3.05) is 32.8 Å². The fourth-order valence-electron chi connectivity index (χ4n) is 3.84. The van der Waals surface area contributed by atoms with Gasteiger partial charge in [0.05, 0.1) is 12.5 Å². The van der Waals surface area contributed by atoms with Crippen molar-refractivity contribution in [1.29, 1.82) is 0 Å². The lowest BCUT2D eigenvalue weighted by molar-refractivity contribution is -0.149. The van der Waals surface area contributed by atoms with E-state index in [-0.39, 0.29) is 11.9 Å². The van der Waals surface area contributed by atoms with Crippen molar-refractivity contribution in [2.45, 2.75) is 65.2 Å². The van der Waals surface area contributed by atoms with Crippen molar-refractivity contribution >= 4 is 11.9 Å². The zero-order chi connectivity index (χ0) is 17.2. The van der Waals surface area contributed by atoms with Gasteiger partial charge in [-0.05, 0) is 39.0 Å². The van der Waals surface area contributed by atoms with E-state index in [2.05, 4.69) is 17.1 Å². The first-order valence-corrected chi connectivity index (χ1v) is 9.94. The van der Waals surface area contributed by atoms with Gasteiger partial charge in [-0.2, -0.15) is 0 Å². The summed E-state index contributed by atoms with van der Waals surface area (Å²) in [5.74, 6) is 1.93. The van der Waals surface area contributed by atoms with Gasteiger partial charge in [-0.3, -0.25) is 9.79 Å². The van der Waals surface area contributed by atoms with Crippen LogP contribution < -0.4 is 5.32 Å². The van der Waals surface area contributed by atoms with Gasteiger partial charge in [0.1, 0.15) is 0 Å². The van der Waals surface area contributed by atoms with E-state index in [0.717, 1.165) is 50.9 Å². The number of nitrogens with one attached hydrogen (secondary N) is 1. The molecule has 5 nitrogen and oxygen atoms in total. The second kappa shape index (κ2) is 10.6. The topological polar surface area (TPSA) is 53.9 Å². The number of guanidine groups is 1. The molecule has 0 aromatic rings. The minimum atomic E-state index is -0.0311. The third-order valence-corrected chi connectivity index (χ3v) is 5.27. The molecule has 0 aromatic heterocycles. The van der Waals surface area contributed by atoms with Crippen LogP contribution in [0.3, 0.4) is 0 Å². The molecular weight excluding hydrogens is 302 g/mol. The number of carbonyl (C=O) groups excluding carboxylic acids is 1. The first kappa shape index (κ1) is 19.1. The Kier molecular flexibility index (Phi) is 8.40. The maximum Gasteiger partial charge on any atom is 0.309 e. The number of ether oxygens (including phenoxy) is 1. The second-order valence-electron chi connectivity index (χ2n) is 7.04. The Morgan fingerprint density at radius 3 is 2.46 bits per heavy atom. The Bertz CT molecular complexity index is 397. The maximum absolute atomic E-state index is 11.9. The number of esters is 1. The molecule has 1 saturated heterocycles. The summed E-state index contributed by atoms with van der Waals surface area (Å²) in [5.41, 5.74) is 0. The van der Waals surface area contributed by atoms with Crippen LogP contribution in [0.25, 0.3) is 0 Å². The Labute approximate surface area is 147 Å². The highest BCUT2D eigenvalue weighted by Gasteiger charge is 2.27. The van der Waals surface area contributed by atoms with Crippen LogP contribution in [0.15, 0.2) is 4.99 Å². The van der Waals surface area contributed by atoms with Crippen molar-refractivity contribution in [3.8, 4) is 0 Å². The molecule has 24 heavy (non-hydrogen) atoms. The minimum absolute atomic E-state index is 0.0311. The summed E-state index contributed by atoms with van der Waals surface area (Å²) < 4.78 is 5.15. The number of piperidine rings is 1. The van der Waals surface area contributed by atoms with E-state index >= 15 is 0 Å². The highest BCUT2D eigenvalue weighted by Crippen LogP contribution is 2.26. The monoisotopic (exact) mass is 337 g/mol. The molecule has 0 unspecified atom stereocenters. The van der Waals surface area contributed by atoms with Gasteiger partial charge in [-0.15, -0.1) is 0 Å². The van der Waals surface area contributed by atoms with Crippen LogP contribution in [-0.4, -0.2) is 49.6 Å². The van der Waals surface area contributed by atoms with Gasteiger partial charge in [0.25, 0.3) is 0 Å². The van der Waals surface area contributed by atoms with Gasteiger partial charge < -0.3 is 15.0 Å². The number of hydrogen-bond donors (Lipinski definition) is 1. The zero-order valence-electron chi connectivity index (χ0n) is 15.6. The second-order valence-corrected chi connectivity index (χ2v) is 7.04. The van der Waals surface area contributed by atoms with E-state index in [1.807, 2.05) is 6.92 Å². The molecule has 1 aliphatic carbocycles. The van der Waals surface area contributed by atoms with Crippen molar-refractivity contribution in [1.82, 2.24) is 10.2 Å². The van der Waals surface area contributed by atoms with E-state index in [1.165, 1.54) is 38.5 Å². The summed E-state index contributed by atoms with van der Waals surface area (Å²) in [5, 5.41) is 3.42. The van der Waals surface area contributed by atoms with E-state index in [1.54, 1.807) is 0 Å². The molecule has 2 fully saturated rings. The number of nitrogens with zero attached hydrogens (tertiary/aromatic N) is 2. The highest BCUT2D eigenvalue weighted by atomic mass is 16.5. The summed E-state index contributed by atoms with van der Waals surface area (Å²) in [7, 11) is 0. The van der Waals surface area contributed by atoms with Gasteiger partial charge in [-0.1, -0.05) is 32.1 Å². The molecule has 0 aromatic carbocycles. The quantitative estimate of drug-likeness (QED) is 0.459. The molecule has 2 rings (SSSR count). The van der Waals surface area contributed by atoms with Crippen molar-refractivity contribution < 1.29 is 9.53 Å². The Morgan fingerprint density at radius 2 is 1.83 bits per heavy atom. The fraction of sp³-hybridized carbons (Fsp3) is 0.895. The molecule has 0 bridgehead atoms. The zero-order valence-corrected chi connectivity index (χ0v) is 15.6. The highest BCUT2D eigenvalue weighted by molar-refractivity contribution is 5.80. The van der Waals surface area contributed by atoms with Crippen LogP contribution >= 0.6 is 0 Å². The van der Waals surface area contributed by atoms with Gasteiger partial charge in [0.15, 0.2) is 5.96 Å². The molecule has 5 heteroatoms. The van der Waals surface area contributed by atoms with Gasteiger partial charge in [0.2, 0.25) is 0 Å². The minimum Gasteiger partial charge on any atom is -0.466 e. The molecule has 2 aliphatic rings. The first-order chi connectivity index (χ1) is 11.7. The lowest BCUT2D eigenvalue weighted by atomic mass is 9.87. The summed E-state index contributed by atoms with van der Waals surface area (Å²) in [4.78, 5) is 19.0. The van der Waals surface area contributed by atoms with Crippen LogP contribution in [0.5, 0.6) is 0 Å². The SMILES string of the molecule is CCNC(=NCCC1CCCCC1)N1CCC(C(=O)OCC)CC1. The largest absolute Gasteiger partial charge is 0.466 e. The van der Waals surface area contributed by atoms with Gasteiger partial charge in [0, 0.05) is 26.2 Å². The Morgan fingerprint density at radius 1 is 1.12 bits per heavy atom. The van der Waals surface area contributed by atoms with Crippen molar-refractivity contribution in [3.63, 3.8) is 0 Å². The predicted molar refractivity (Wildman–Crippen MR) is 98.1 cm³/mol. The van der Waals surface area contributed by atoms with E-state index in [4.69, 9.17) is 9.73 Å². The first-order valence-electron chi connectivity index (χ1n) is 9.94. The Hall–Kier alpha value is -1.26. The molecule has 0 amide bonds. The summed E-state index contributed by atoms with van der Waals surface area (Å²) >= 11 is 0. The third-order valence-electron chi connectivity index (χ3n) is 5.27. The average Bonchev–Trinajstić information content (AvgIpc) is 2.62. The van der Waals surface area contributed by atoms with E-state index in [9.17, 15) is 4.79 Å². The van der Waals surface area contributed by atoms with E-state index < -0.39 is 0 Å². The summed E-state index contributed by atoms with van der Waals surface area (Å²) in [6.45, 7) is 8.05. The van der Waals surface area contributed by atoms with Crippen LogP contribution in [0.2, 0.25) is 0 Å². The number of rotatable bonds is 6. The molecule has 0 spiro atoms. The lowest BCUT2D eigenvalue weighted by Crippen LogP contribution is -2.46. The van der Waals surface area contributed by atoms with Crippen molar-refractivity contribution in [3.05, 3.63) is 0 Å². The summed E-state index contributed by atoms with van der Waals surface area (Å²) in [6.07, 6.45) is 9.93. The van der Waals surface area contributed by atoms with Gasteiger partial charge in [-0.25, -0.2) is 0 Å². The van der Waals surface area contributed by atoms with Crippen LogP contribution in [0.4, 0.5) is 0 Å². The van der Waals surface area contributed by atoms with Crippen LogP contribution in [0.1, 0.15) is 65.2 Å². The number of likely N-dealkylation sites (tertiary alicyclic amines) is 1. The average molecular weight is 338 g/mol. The number of hydrogen-bond acceptors (Lipinski definition) is 3. The molecular formula is C19H35N3O2. The molecule has 138 valence electrons. The van der Waals surface area contributed by atoms with Crippen LogP contribution in [-0.2, 0) is 9.53 Å². The smallest absolute Gasteiger partial charge is 0.309 e. The van der Waals surface area contributed by atoms with Gasteiger partial charge >= 0.3 is 5.97 Å². The maximum atomic E-state index is 11.9. The normalized spacial score (nSPS) is 20.9. The van der Waals surface area contributed by atoms with Crippen LogP contribution in [0, 0.1) is 11.8 Å². The molecule has 0 atom stereocenters. The lowest BCUT2D eigenvalue weighted by Gasteiger charge is -2.33. The third kappa shape index (κ3) is 5.99. The van der Waals surface area contributed by atoms with Crippen molar-refractivity contribution in [2.24, 2.45) is 16.8 Å². The number of aliphatic imine (C=N–C) groups is 1. The fourth-order valence-corrected chi connectivity index (χ4v) is 3.84. The molecule has 1 aliphatic heterocycles. The molecule has 1 N–H and O–H groups in total. The molecule has 1 saturated carbocycles. The predicted octanol–water partition coefficient (Wildman–Crippen LogP) is 3.20. The molecule has 1 heterocycles. The number of carbonyl (C=O) groups is 1.